The number of aromatic nitrogens is 2. The minimum absolute atomic E-state index is 0.0477. The van der Waals surface area contributed by atoms with E-state index in [0.29, 0.717) is 6.54 Å². The maximum Gasteiger partial charge on any atom is 0.258 e. The van der Waals surface area contributed by atoms with Gasteiger partial charge in [0.15, 0.2) is 4.96 Å². The van der Waals surface area contributed by atoms with Crippen LogP contribution in [0, 0.1) is 0 Å². The SMILES string of the molecule is C[C@@H](NCc1cc(=O)n2ccsc2n1)c1cccc(Cl)c1. The average molecular weight is 320 g/mol. The van der Waals surface area contributed by atoms with Gasteiger partial charge in [-0.15, -0.1) is 11.3 Å². The van der Waals surface area contributed by atoms with E-state index in [1.165, 1.54) is 11.3 Å². The molecule has 21 heavy (non-hydrogen) atoms. The number of rotatable bonds is 4. The van der Waals surface area contributed by atoms with Crippen LogP contribution in [-0.2, 0) is 6.54 Å². The first-order valence-electron chi connectivity index (χ1n) is 6.58. The molecule has 0 aliphatic rings. The second kappa shape index (κ2) is 5.97. The summed E-state index contributed by atoms with van der Waals surface area (Å²) in [5, 5.41) is 5.94. The highest BCUT2D eigenvalue weighted by molar-refractivity contribution is 7.15. The molecule has 0 aliphatic carbocycles. The number of fused-ring (bicyclic) bond motifs is 1. The van der Waals surface area contributed by atoms with Crippen molar-refractivity contribution < 1.29 is 0 Å². The summed E-state index contributed by atoms with van der Waals surface area (Å²) in [4.78, 5) is 17.1. The lowest BCUT2D eigenvalue weighted by Gasteiger charge is -2.14. The summed E-state index contributed by atoms with van der Waals surface area (Å²) in [6.45, 7) is 2.60. The first kappa shape index (κ1) is 14.3. The van der Waals surface area contributed by atoms with Crippen molar-refractivity contribution in [1.82, 2.24) is 14.7 Å². The zero-order valence-electron chi connectivity index (χ0n) is 11.4. The third-order valence-corrected chi connectivity index (χ3v) is 4.29. The highest BCUT2D eigenvalue weighted by Gasteiger charge is 2.07. The summed E-state index contributed by atoms with van der Waals surface area (Å²) in [7, 11) is 0. The fourth-order valence-electron chi connectivity index (χ4n) is 2.13. The number of halogens is 1. The quantitative estimate of drug-likeness (QED) is 0.803. The maximum atomic E-state index is 11.9. The molecule has 108 valence electrons. The zero-order valence-corrected chi connectivity index (χ0v) is 13.0. The third kappa shape index (κ3) is 3.15. The Morgan fingerprint density at radius 1 is 1.43 bits per heavy atom. The Morgan fingerprint density at radius 2 is 2.29 bits per heavy atom. The fourth-order valence-corrected chi connectivity index (χ4v) is 3.07. The predicted molar refractivity (Wildman–Crippen MR) is 86.0 cm³/mol. The van der Waals surface area contributed by atoms with Crippen molar-refractivity contribution in [2.24, 2.45) is 0 Å². The third-order valence-electron chi connectivity index (χ3n) is 3.29. The van der Waals surface area contributed by atoms with Crippen LogP contribution < -0.4 is 10.9 Å². The molecular formula is C15H14ClN3OS. The van der Waals surface area contributed by atoms with Crippen LogP contribution >= 0.6 is 22.9 Å². The average Bonchev–Trinajstić information content (AvgIpc) is 2.93. The van der Waals surface area contributed by atoms with Gasteiger partial charge in [-0.1, -0.05) is 23.7 Å². The van der Waals surface area contributed by atoms with Gasteiger partial charge in [0.2, 0.25) is 0 Å². The highest BCUT2D eigenvalue weighted by Crippen LogP contribution is 2.17. The van der Waals surface area contributed by atoms with Crippen molar-refractivity contribution in [2.75, 3.05) is 0 Å². The minimum Gasteiger partial charge on any atom is -0.305 e. The van der Waals surface area contributed by atoms with Gasteiger partial charge < -0.3 is 5.32 Å². The van der Waals surface area contributed by atoms with Gasteiger partial charge in [0.05, 0.1) is 5.69 Å². The van der Waals surface area contributed by atoms with Gasteiger partial charge in [-0.2, -0.15) is 0 Å². The molecule has 4 nitrogen and oxygen atoms in total. The molecular weight excluding hydrogens is 306 g/mol. The van der Waals surface area contributed by atoms with Crippen molar-refractivity contribution in [1.29, 1.82) is 0 Å². The number of benzene rings is 1. The van der Waals surface area contributed by atoms with Crippen molar-refractivity contribution in [2.45, 2.75) is 19.5 Å². The van der Waals surface area contributed by atoms with E-state index in [1.54, 1.807) is 16.7 Å². The molecule has 0 saturated heterocycles. The molecule has 0 saturated carbocycles. The van der Waals surface area contributed by atoms with Gasteiger partial charge in [-0.3, -0.25) is 9.20 Å². The molecule has 0 fully saturated rings. The smallest absolute Gasteiger partial charge is 0.258 e. The van der Waals surface area contributed by atoms with Crippen LogP contribution in [0.1, 0.15) is 24.2 Å². The molecule has 0 unspecified atom stereocenters. The molecule has 1 N–H and O–H groups in total. The second-order valence-corrected chi connectivity index (χ2v) is 6.11. The van der Waals surface area contributed by atoms with Crippen LogP contribution in [0.2, 0.25) is 5.02 Å². The van der Waals surface area contributed by atoms with Crippen molar-refractivity contribution in [3.8, 4) is 0 Å². The Balaban J connectivity index is 1.75. The molecule has 3 rings (SSSR count). The van der Waals surface area contributed by atoms with E-state index in [9.17, 15) is 4.79 Å². The Bertz CT molecular complexity index is 827. The summed E-state index contributed by atoms with van der Waals surface area (Å²) in [5.74, 6) is 0. The fraction of sp³-hybridized carbons (Fsp3) is 0.200. The Morgan fingerprint density at radius 3 is 3.10 bits per heavy atom. The van der Waals surface area contributed by atoms with Crippen LogP contribution in [0.25, 0.3) is 4.96 Å². The molecule has 3 aromatic rings. The van der Waals surface area contributed by atoms with Gasteiger partial charge in [-0.05, 0) is 24.6 Å². The first-order chi connectivity index (χ1) is 10.1. The van der Waals surface area contributed by atoms with Crippen molar-refractivity contribution in [3.05, 3.63) is 68.5 Å². The molecule has 0 radical (unpaired) electrons. The van der Waals surface area contributed by atoms with E-state index in [0.717, 1.165) is 21.2 Å². The molecule has 2 heterocycles. The molecule has 1 atom stereocenters. The number of thiazole rings is 1. The maximum absolute atomic E-state index is 11.9. The van der Waals surface area contributed by atoms with Crippen LogP contribution in [0.3, 0.4) is 0 Å². The van der Waals surface area contributed by atoms with Gasteiger partial charge in [-0.25, -0.2) is 4.98 Å². The summed E-state index contributed by atoms with van der Waals surface area (Å²) in [6.07, 6.45) is 1.74. The van der Waals surface area contributed by atoms with Crippen molar-refractivity contribution >= 4 is 27.9 Å². The summed E-state index contributed by atoms with van der Waals surface area (Å²) in [5.41, 5.74) is 1.81. The molecule has 0 amide bonds. The molecule has 0 spiro atoms. The second-order valence-electron chi connectivity index (χ2n) is 4.80. The Kier molecular flexibility index (Phi) is 4.05. The van der Waals surface area contributed by atoms with Crippen LogP contribution in [-0.4, -0.2) is 9.38 Å². The van der Waals surface area contributed by atoms with Crippen LogP contribution in [0.5, 0.6) is 0 Å². The van der Waals surface area contributed by atoms with Crippen molar-refractivity contribution in [3.63, 3.8) is 0 Å². The highest BCUT2D eigenvalue weighted by atomic mass is 35.5. The largest absolute Gasteiger partial charge is 0.305 e. The minimum atomic E-state index is -0.0477. The number of hydrogen-bond acceptors (Lipinski definition) is 4. The van der Waals surface area contributed by atoms with Crippen LogP contribution in [0.4, 0.5) is 0 Å². The zero-order chi connectivity index (χ0) is 14.8. The lowest BCUT2D eigenvalue weighted by Crippen LogP contribution is -2.21. The lowest BCUT2D eigenvalue weighted by atomic mass is 10.1. The molecule has 1 aromatic carbocycles. The summed E-state index contributed by atoms with van der Waals surface area (Å²) in [6, 6.07) is 9.44. The number of nitrogens with one attached hydrogen (secondary N) is 1. The van der Waals surface area contributed by atoms with E-state index in [-0.39, 0.29) is 11.6 Å². The molecule has 6 heteroatoms. The Labute approximate surface area is 131 Å². The molecule has 2 aromatic heterocycles. The van der Waals surface area contributed by atoms with Gasteiger partial charge in [0.25, 0.3) is 5.56 Å². The van der Waals surface area contributed by atoms with Crippen LogP contribution in [0.15, 0.2) is 46.7 Å². The summed E-state index contributed by atoms with van der Waals surface area (Å²) >= 11 is 7.45. The van der Waals surface area contributed by atoms with E-state index in [2.05, 4.69) is 17.2 Å². The Hall–Kier alpha value is -1.69. The standard InChI is InChI=1S/C15H14ClN3OS/c1-10(11-3-2-4-12(16)7-11)17-9-13-8-14(20)19-5-6-21-15(19)18-13/h2-8,10,17H,9H2,1H3/t10-/m1/s1. The molecule has 0 aliphatic heterocycles. The van der Waals surface area contributed by atoms with E-state index >= 15 is 0 Å². The van der Waals surface area contributed by atoms with E-state index in [1.807, 2.05) is 29.6 Å². The lowest BCUT2D eigenvalue weighted by molar-refractivity contribution is 0.567. The van der Waals surface area contributed by atoms with E-state index in [4.69, 9.17) is 11.6 Å². The monoisotopic (exact) mass is 319 g/mol. The van der Waals surface area contributed by atoms with E-state index < -0.39 is 0 Å². The topological polar surface area (TPSA) is 46.4 Å². The predicted octanol–water partition coefficient (Wildman–Crippen LogP) is 3.26. The normalized spacial score (nSPS) is 12.7. The first-order valence-corrected chi connectivity index (χ1v) is 7.84. The van der Waals surface area contributed by atoms with Gasteiger partial charge in [0, 0.05) is 35.3 Å². The van der Waals surface area contributed by atoms with Gasteiger partial charge >= 0.3 is 0 Å². The number of hydrogen-bond donors (Lipinski definition) is 1. The summed E-state index contributed by atoms with van der Waals surface area (Å²) < 4.78 is 1.55. The molecule has 0 bridgehead atoms. The van der Waals surface area contributed by atoms with Gasteiger partial charge in [0.1, 0.15) is 0 Å². The number of nitrogens with zero attached hydrogens (tertiary/aromatic N) is 2.